The smallest absolute Gasteiger partial charge is 0.262 e. The van der Waals surface area contributed by atoms with Gasteiger partial charge in [-0.3, -0.25) is 14.4 Å². The molecule has 0 aliphatic carbocycles. The van der Waals surface area contributed by atoms with Crippen molar-refractivity contribution < 1.29 is 23.9 Å². The fourth-order valence-electron chi connectivity index (χ4n) is 4.11. The molecule has 3 aromatic rings. The molecule has 192 valence electrons. The van der Waals surface area contributed by atoms with E-state index < -0.39 is 5.92 Å². The summed E-state index contributed by atoms with van der Waals surface area (Å²) < 4.78 is 10.9. The van der Waals surface area contributed by atoms with Crippen molar-refractivity contribution in [1.29, 1.82) is 0 Å². The lowest BCUT2D eigenvalue weighted by molar-refractivity contribution is -0.126. The van der Waals surface area contributed by atoms with Crippen molar-refractivity contribution in [3.05, 3.63) is 82.9 Å². The zero-order valence-corrected chi connectivity index (χ0v) is 21.4. The van der Waals surface area contributed by atoms with Crippen molar-refractivity contribution in [3.8, 4) is 11.5 Å². The molecule has 1 atom stereocenters. The van der Waals surface area contributed by atoms with Crippen LogP contribution in [0.3, 0.4) is 0 Å². The zero-order chi connectivity index (χ0) is 26.4. The van der Waals surface area contributed by atoms with Crippen molar-refractivity contribution >= 4 is 40.7 Å². The summed E-state index contributed by atoms with van der Waals surface area (Å²) in [7, 11) is 1.58. The molecule has 0 bridgehead atoms. The second-order valence-electron chi connectivity index (χ2n) is 8.68. The molecule has 0 spiro atoms. The quantitative estimate of drug-likeness (QED) is 0.436. The van der Waals surface area contributed by atoms with Crippen LogP contribution in [0.4, 0.5) is 11.4 Å². The lowest BCUT2D eigenvalue weighted by Gasteiger charge is -2.17. The zero-order valence-electron chi connectivity index (χ0n) is 20.6. The summed E-state index contributed by atoms with van der Waals surface area (Å²) in [4.78, 5) is 39.2. The number of hydrogen-bond donors (Lipinski definition) is 2. The minimum atomic E-state index is -0.447. The fourth-order valence-corrected chi connectivity index (χ4v) is 4.28. The van der Waals surface area contributed by atoms with Crippen LogP contribution in [-0.4, -0.2) is 38.0 Å². The van der Waals surface area contributed by atoms with Gasteiger partial charge in [-0.2, -0.15) is 0 Å². The summed E-state index contributed by atoms with van der Waals surface area (Å²) in [6.07, 6.45) is 0.138. The summed E-state index contributed by atoms with van der Waals surface area (Å²) in [5.41, 5.74) is 2.94. The van der Waals surface area contributed by atoms with Crippen molar-refractivity contribution in [3.63, 3.8) is 0 Å². The summed E-state index contributed by atoms with van der Waals surface area (Å²) in [6, 6.07) is 19.6. The van der Waals surface area contributed by atoms with E-state index in [0.29, 0.717) is 34.4 Å². The normalized spacial score (nSPS) is 14.8. The van der Waals surface area contributed by atoms with E-state index in [4.69, 9.17) is 21.1 Å². The van der Waals surface area contributed by atoms with E-state index in [1.807, 2.05) is 31.2 Å². The highest BCUT2D eigenvalue weighted by atomic mass is 35.5. The van der Waals surface area contributed by atoms with Gasteiger partial charge in [-0.1, -0.05) is 35.9 Å². The number of hydrogen-bond acceptors (Lipinski definition) is 5. The highest BCUT2D eigenvalue weighted by Crippen LogP contribution is 2.28. The Morgan fingerprint density at radius 3 is 2.57 bits per heavy atom. The number of nitrogens with zero attached hydrogens (tertiary/aromatic N) is 1. The maximum atomic E-state index is 12.7. The Balaban J connectivity index is 1.28. The molecule has 0 aromatic heterocycles. The van der Waals surface area contributed by atoms with Gasteiger partial charge in [0.05, 0.1) is 13.0 Å². The maximum absolute atomic E-state index is 12.7. The lowest BCUT2D eigenvalue weighted by Crippen LogP contribution is -2.32. The fraction of sp³-hybridized carbons (Fsp3) is 0.250. The van der Waals surface area contributed by atoms with Gasteiger partial charge in [-0.05, 0) is 55.0 Å². The van der Waals surface area contributed by atoms with Crippen LogP contribution in [0.1, 0.15) is 17.5 Å². The van der Waals surface area contributed by atoms with Crippen LogP contribution < -0.4 is 25.0 Å². The van der Waals surface area contributed by atoms with Gasteiger partial charge in [-0.15, -0.1) is 0 Å². The summed E-state index contributed by atoms with van der Waals surface area (Å²) >= 11 is 6.09. The molecule has 0 radical (unpaired) electrons. The number of benzene rings is 3. The van der Waals surface area contributed by atoms with Gasteiger partial charge < -0.3 is 25.0 Å². The molecular formula is C28H28ClN3O5. The average Bonchev–Trinajstić information content (AvgIpc) is 3.30. The second kappa shape index (κ2) is 11.8. The summed E-state index contributed by atoms with van der Waals surface area (Å²) in [5, 5.41) is 6.26. The molecule has 0 unspecified atom stereocenters. The third kappa shape index (κ3) is 6.40. The van der Waals surface area contributed by atoms with Crippen molar-refractivity contribution in [2.24, 2.45) is 5.92 Å². The van der Waals surface area contributed by atoms with Crippen LogP contribution in [0.5, 0.6) is 11.5 Å². The Hall–Kier alpha value is -4.04. The molecule has 1 aliphatic rings. The first-order chi connectivity index (χ1) is 17.9. The number of rotatable bonds is 9. The van der Waals surface area contributed by atoms with E-state index >= 15 is 0 Å². The molecule has 0 saturated carbocycles. The Morgan fingerprint density at radius 2 is 1.81 bits per heavy atom. The molecular weight excluding hydrogens is 494 g/mol. The largest absolute Gasteiger partial charge is 0.496 e. The molecule has 1 saturated heterocycles. The average molecular weight is 522 g/mol. The lowest BCUT2D eigenvalue weighted by atomic mass is 10.1. The Kier molecular flexibility index (Phi) is 8.30. The van der Waals surface area contributed by atoms with Gasteiger partial charge in [0.15, 0.2) is 6.61 Å². The number of carbonyl (C=O) groups excluding carboxylic acids is 3. The minimum absolute atomic E-state index is 0.123. The molecule has 2 N–H and O–H groups in total. The molecule has 8 nitrogen and oxygen atoms in total. The highest BCUT2D eigenvalue weighted by Gasteiger charge is 2.35. The van der Waals surface area contributed by atoms with Crippen LogP contribution in [0.25, 0.3) is 0 Å². The van der Waals surface area contributed by atoms with Gasteiger partial charge >= 0.3 is 0 Å². The number of para-hydroxylation sites is 1. The van der Waals surface area contributed by atoms with Gasteiger partial charge in [0.2, 0.25) is 11.8 Å². The second-order valence-corrected chi connectivity index (χ2v) is 9.09. The van der Waals surface area contributed by atoms with E-state index in [1.54, 1.807) is 54.5 Å². The Labute approximate surface area is 220 Å². The van der Waals surface area contributed by atoms with Gasteiger partial charge in [0.1, 0.15) is 11.5 Å². The van der Waals surface area contributed by atoms with Gasteiger partial charge in [0.25, 0.3) is 5.91 Å². The Bertz CT molecular complexity index is 1300. The first-order valence-corrected chi connectivity index (χ1v) is 12.2. The number of nitrogens with one attached hydrogen (secondary N) is 2. The van der Waals surface area contributed by atoms with Crippen molar-refractivity contribution in [2.45, 2.75) is 19.9 Å². The van der Waals surface area contributed by atoms with Crippen LogP contribution >= 0.6 is 11.6 Å². The van der Waals surface area contributed by atoms with E-state index in [2.05, 4.69) is 10.6 Å². The number of halogens is 1. The first-order valence-electron chi connectivity index (χ1n) is 11.8. The van der Waals surface area contributed by atoms with Crippen LogP contribution in [-0.2, 0) is 20.9 Å². The topological polar surface area (TPSA) is 97.0 Å². The molecule has 9 heteroatoms. The SMILES string of the molecule is COc1ccccc1CNC(=O)[C@H]1CC(=O)N(c2ccc(OCC(=O)Nc3cccc(Cl)c3C)cc2)C1. The molecule has 37 heavy (non-hydrogen) atoms. The number of carbonyl (C=O) groups is 3. The molecule has 1 aliphatic heterocycles. The predicted molar refractivity (Wildman–Crippen MR) is 142 cm³/mol. The standard InChI is InChI=1S/C28H28ClN3O5/c1-18-23(29)7-5-8-24(18)31-26(33)17-37-22-12-10-21(11-13-22)32-16-20(14-27(32)34)28(35)30-15-19-6-3-4-9-25(19)36-2/h3-13,20H,14-17H2,1-2H3,(H,30,35)(H,31,33)/t20-/m0/s1. The highest BCUT2D eigenvalue weighted by molar-refractivity contribution is 6.31. The molecule has 3 aromatic carbocycles. The molecule has 3 amide bonds. The molecule has 4 rings (SSSR count). The van der Waals surface area contributed by atoms with Crippen LogP contribution in [0.2, 0.25) is 5.02 Å². The molecule has 1 heterocycles. The summed E-state index contributed by atoms with van der Waals surface area (Å²) in [6.45, 7) is 2.26. The minimum Gasteiger partial charge on any atom is -0.496 e. The van der Waals surface area contributed by atoms with Crippen molar-refractivity contribution in [2.75, 3.05) is 30.5 Å². The third-order valence-electron chi connectivity index (χ3n) is 6.20. The predicted octanol–water partition coefficient (Wildman–Crippen LogP) is 4.34. The van der Waals surface area contributed by atoms with E-state index in [0.717, 1.165) is 11.1 Å². The number of ether oxygens (including phenoxy) is 2. The number of anilines is 2. The van der Waals surface area contributed by atoms with E-state index in [1.165, 1.54) is 0 Å². The Morgan fingerprint density at radius 1 is 1.05 bits per heavy atom. The molecule has 1 fully saturated rings. The number of methoxy groups -OCH3 is 1. The van der Waals surface area contributed by atoms with Gasteiger partial charge in [0, 0.05) is 41.5 Å². The van der Waals surface area contributed by atoms with Crippen molar-refractivity contribution in [1.82, 2.24) is 5.32 Å². The maximum Gasteiger partial charge on any atom is 0.262 e. The van der Waals surface area contributed by atoms with E-state index in [9.17, 15) is 14.4 Å². The van der Waals surface area contributed by atoms with Gasteiger partial charge in [-0.25, -0.2) is 0 Å². The number of amides is 3. The van der Waals surface area contributed by atoms with Crippen LogP contribution in [0, 0.1) is 12.8 Å². The third-order valence-corrected chi connectivity index (χ3v) is 6.61. The monoisotopic (exact) mass is 521 g/mol. The van der Waals surface area contributed by atoms with E-state index in [-0.39, 0.29) is 37.3 Å². The summed E-state index contributed by atoms with van der Waals surface area (Å²) in [5.74, 6) is 0.124. The van der Waals surface area contributed by atoms with Crippen LogP contribution in [0.15, 0.2) is 66.7 Å². The first kappa shape index (κ1) is 26.0.